The number of hydrogen-bond acceptors (Lipinski definition) is 7. The van der Waals surface area contributed by atoms with Gasteiger partial charge in [0.2, 0.25) is 5.88 Å². The highest BCUT2D eigenvalue weighted by molar-refractivity contribution is 7.11. The molecule has 0 radical (unpaired) electrons. The van der Waals surface area contributed by atoms with E-state index in [0.29, 0.717) is 17.4 Å². The monoisotopic (exact) mass is 416 g/mol. The zero-order valence-electron chi connectivity index (χ0n) is 17.0. The fourth-order valence-corrected chi connectivity index (χ4v) is 5.13. The molecule has 1 spiro atoms. The average molecular weight is 417 g/mol. The van der Waals surface area contributed by atoms with Gasteiger partial charge >= 0.3 is 0 Å². The Hall–Kier alpha value is -2.03. The summed E-state index contributed by atoms with van der Waals surface area (Å²) in [7, 11) is 1.63. The number of aryl methyl sites for hydroxylation is 1. The van der Waals surface area contributed by atoms with Crippen molar-refractivity contribution < 1.29 is 14.3 Å². The Labute approximate surface area is 175 Å². The summed E-state index contributed by atoms with van der Waals surface area (Å²) in [4.78, 5) is 24.7. The van der Waals surface area contributed by atoms with Gasteiger partial charge in [0.1, 0.15) is 10.5 Å². The van der Waals surface area contributed by atoms with E-state index in [0.717, 1.165) is 56.7 Å². The molecule has 4 rings (SSSR count). The van der Waals surface area contributed by atoms with Gasteiger partial charge in [-0.3, -0.25) is 9.69 Å². The van der Waals surface area contributed by atoms with E-state index in [1.165, 1.54) is 11.3 Å². The normalized spacial score (nSPS) is 25.1. The lowest BCUT2D eigenvalue weighted by molar-refractivity contribution is -0.143. The maximum atomic E-state index is 12.8. The number of thiazole rings is 1. The summed E-state index contributed by atoms with van der Waals surface area (Å²) in [5, 5.41) is 3.27. The highest BCUT2D eigenvalue weighted by atomic mass is 32.1. The number of rotatable bonds is 5. The maximum Gasteiger partial charge on any atom is 0.263 e. The first-order valence-electron chi connectivity index (χ1n) is 10.2. The van der Waals surface area contributed by atoms with Gasteiger partial charge in [-0.05, 0) is 25.8 Å². The summed E-state index contributed by atoms with van der Waals surface area (Å²) in [6, 6.07) is 5.86. The Morgan fingerprint density at radius 2 is 2.34 bits per heavy atom. The van der Waals surface area contributed by atoms with Crippen molar-refractivity contribution in [3.8, 4) is 5.88 Å². The lowest BCUT2D eigenvalue weighted by Gasteiger charge is -2.49. The van der Waals surface area contributed by atoms with E-state index in [1.807, 2.05) is 25.1 Å². The van der Waals surface area contributed by atoms with Gasteiger partial charge < -0.3 is 14.8 Å². The van der Waals surface area contributed by atoms with Crippen LogP contribution in [0.1, 0.15) is 46.7 Å². The standard InChI is InChI=1S/C21H28N4O3S/c1-15-19(29-14-22-15)20(26)24-17-7-3-4-9-21(17)13-25(10-11-28-21)12-16-6-5-8-18(23-16)27-2/h5-6,8,14,17H,3-4,7,9-13H2,1-2H3,(H,24,26)/t17-,21+/m0/s1. The first kappa shape index (κ1) is 20.3. The van der Waals surface area contributed by atoms with Crippen molar-refractivity contribution in [1.82, 2.24) is 20.2 Å². The highest BCUT2D eigenvalue weighted by Gasteiger charge is 2.46. The minimum absolute atomic E-state index is 0.00585. The molecule has 2 atom stereocenters. The summed E-state index contributed by atoms with van der Waals surface area (Å²) in [6.07, 6.45) is 4.13. The van der Waals surface area contributed by atoms with Crippen LogP contribution >= 0.6 is 11.3 Å². The Bertz CT molecular complexity index is 854. The molecular weight excluding hydrogens is 388 g/mol. The molecule has 1 amide bonds. The third-order valence-electron chi connectivity index (χ3n) is 5.90. The van der Waals surface area contributed by atoms with E-state index >= 15 is 0 Å². The van der Waals surface area contributed by atoms with E-state index < -0.39 is 0 Å². The molecule has 29 heavy (non-hydrogen) atoms. The molecule has 1 aliphatic carbocycles. The molecule has 1 aliphatic heterocycles. The van der Waals surface area contributed by atoms with Crippen molar-refractivity contribution in [2.75, 3.05) is 26.8 Å². The van der Waals surface area contributed by atoms with Gasteiger partial charge in [-0.15, -0.1) is 11.3 Å². The summed E-state index contributed by atoms with van der Waals surface area (Å²) in [5.74, 6) is 0.597. The van der Waals surface area contributed by atoms with Crippen molar-refractivity contribution in [2.45, 2.75) is 50.8 Å². The zero-order valence-corrected chi connectivity index (χ0v) is 17.8. The molecule has 2 aromatic heterocycles. The van der Waals surface area contributed by atoms with E-state index in [4.69, 9.17) is 9.47 Å². The Morgan fingerprint density at radius 3 is 3.14 bits per heavy atom. The van der Waals surface area contributed by atoms with Gasteiger partial charge in [0.25, 0.3) is 5.91 Å². The van der Waals surface area contributed by atoms with Gasteiger partial charge in [-0.1, -0.05) is 18.9 Å². The van der Waals surface area contributed by atoms with Crippen LogP contribution in [0.5, 0.6) is 5.88 Å². The molecule has 1 saturated heterocycles. The van der Waals surface area contributed by atoms with Crippen LogP contribution in [0.2, 0.25) is 0 Å². The van der Waals surface area contributed by atoms with Gasteiger partial charge in [0.15, 0.2) is 0 Å². The molecule has 8 heteroatoms. The highest BCUT2D eigenvalue weighted by Crippen LogP contribution is 2.35. The van der Waals surface area contributed by atoms with Crippen molar-refractivity contribution in [3.63, 3.8) is 0 Å². The van der Waals surface area contributed by atoms with Gasteiger partial charge in [-0.25, -0.2) is 9.97 Å². The molecular formula is C21H28N4O3S. The second-order valence-electron chi connectivity index (χ2n) is 7.83. The molecule has 156 valence electrons. The second kappa shape index (κ2) is 8.77. The van der Waals surface area contributed by atoms with E-state index in [1.54, 1.807) is 12.6 Å². The number of amides is 1. The molecule has 2 aromatic rings. The summed E-state index contributed by atoms with van der Waals surface area (Å²) >= 11 is 1.39. The molecule has 7 nitrogen and oxygen atoms in total. The van der Waals surface area contributed by atoms with Gasteiger partial charge in [0, 0.05) is 25.7 Å². The molecule has 0 bridgehead atoms. The lowest BCUT2D eigenvalue weighted by atomic mass is 9.78. The van der Waals surface area contributed by atoms with Crippen LogP contribution in [0.4, 0.5) is 0 Å². The maximum absolute atomic E-state index is 12.8. The Balaban J connectivity index is 1.48. The number of aromatic nitrogens is 2. The number of nitrogens with zero attached hydrogens (tertiary/aromatic N) is 3. The van der Waals surface area contributed by atoms with Crippen LogP contribution < -0.4 is 10.1 Å². The lowest BCUT2D eigenvalue weighted by Crippen LogP contribution is -2.63. The number of carbonyl (C=O) groups is 1. The third kappa shape index (κ3) is 4.44. The smallest absolute Gasteiger partial charge is 0.263 e. The first-order valence-corrected chi connectivity index (χ1v) is 11.0. The van der Waals surface area contributed by atoms with Crippen molar-refractivity contribution >= 4 is 17.2 Å². The number of pyridine rings is 1. The number of ether oxygens (including phenoxy) is 2. The molecule has 0 aromatic carbocycles. The van der Waals surface area contributed by atoms with Crippen molar-refractivity contribution in [1.29, 1.82) is 0 Å². The molecule has 0 unspecified atom stereocenters. The predicted molar refractivity (Wildman–Crippen MR) is 111 cm³/mol. The SMILES string of the molecule is COc1cccc(CN2CCO[C@]3(CCCC[C@@H]3NC(=O)c3scnc3C)C2)n1. The molecule has 1 saturated carbocycles. The minimum Gasteiger partial charge on any atom is -0.481 e. The van der Waals surface area contributed by atoms with Crippen LogP contribution in [-0.2, 0) is 11.3 Å². The summed E-state index contributed by atoms with van der Waals surface area (Å²) in [6.45, 7) is 4.93. The number of carbonyl (C=O) groups excluding carboxylic acids is 1. The molecule has 2 aliphatic rings. The first-order chi connectivity index (χ1) is 14.1. The average Bonchev–Trinajstić information content (AvgIpc) is 3.16. The van der Waals surface area contributed by atoms with Crippen molar-refractivity contribution in [3.05, 3.63) is 40.0 Å². The number of hydrogen-bond donors (Lipinski definition) is 1. The number of nitrogens with one attached hydrogen (secondary N) is 1. The van der Waals surface area contributed by atoms with Crippen LogP contribution in [0.25, 0.3) is 0 Å². The van der Waals surface area contributed by atoms with Crippen LogP contribution in [0.3, 0.4) is 0 Å². The van der Waals surface area contributed by atoms with Crippen molar-refractivity contribution in [2.24, 2.45) is 0 Å². The summed E-state index contributed by atoms with van der Waals surface area (Å²) < 4.78 is 11.6. The Morgan fingerprint density at radius 1 is 1.45 bits per heavy atom. The topological polar surface area (TPSA) is 76.6 Å². The van der Waals surface area contributed by atoms with E-state index in [-0.39, 0.29) is 17.6 Å². The third-order valence-corrected chi connectivity index (χ3v) is 6.83. The van der Waals surface area contributed by atoms with Crippen LogP contribution in [0, 0.1) is 6.92 Å². The molecule has 3 heterocycles. The Kier molecular flexibility index (Phi) is 6.12. The second-order valence-corrected chi connectivity index (χ2v) is 8.69. The summed E-state index contributed by atoms with van der Waals surface area (Å²) in [5.41, 5.74) is 3.15. The minimum atomic E-state index is -0.344. The van der Waals surface area contributed by atoms with Gasteiger partial charge in [-0.2, -0.15) is 0 Å². The fraction of sp³-hybridized carbons (Fsp3) is 0.571. The quantitative estimate of drug-likeness (QED) is 0.808. The zero-order chi connectivity index (χ0) is 20.3. The van der Waals surface area contributed by atoms with E-state index in [9.17, 15) is 4.79 Å². The van der Waals surface area contributed by atoms with E-state index in [2.05, 4.69) is 20.2 Å². The number of methoxy groups -OCH3 is 1. The van der Waals surface area contributed by atoms with Gasteiger partial charge in [0.05, 0.1) is 36.7 Å². The van der Waals surface area contributed by atoms with Crippen LogP contribution in [0.15, 0.2) is 23.7 Å². The number of morpholine rings is 1. The largest absolute Gasteiger partial charge is 0.481 e. The fourth-order valence-electron chi connectivity index (χ4n) is 4.42. The molecule has 1 N–H and O–H groups in total. The molecule has 2 fully saturated rings. The predicted octanol–water partition coefficient (Wildman–Crippen LogP) is 2.80. The van der Waals surface area contributed by atoms with Crippen LogP contribution in [-0.4, -0.2) is 59.2 Å².